The van der Waals surface area contributed by atoms with E-state index in [1.807, 2.05) is 13.0 Å². The van der Waals surface area contributed by atoms with E-state index in [4.69, 9.17) is 4.74 Å². The van der Waals surface area contributed by atoms with Crippen molar-refractivity contribution in [3.63, 3.8) is 0 Å². The second kappa shape index (κ2) is 2.72. The highest BCUT2D eigenvalue weighted by molar-refractivity contribution is 6.01. The van der Waals surface area contributed by atoms with Crippen LogP contribution in [0.4, 0.5) is 5.69 Å². The minimum absolute atomic E-state index is 0.0198. The molecule has 0 unspecified atom stereocenters. The van der Waals surface area contributed by atoms with Gasteiger partial charge in [0.1, 0.15) is 5.69 Å². The topological polar surface area (TPSA) is 51.2 Å². The predicted octanol–water partition coefficient (Wildman–Crippen LogP) is 1.64. The molecular weight excluding hydrogens is 192 g/mol. The van der Waals surface area contributed by atoms with Crippen LogP contribution in [0.2, 0.25) is 0 Å². The first-order valence-electron chi connectivity index (χ1n) is 5.17. The number of rotatable bonds is 0. The van der Waals surface area contributed by atoms with Gasteiger partial charge in [0.2, 0.25) is 5.88 Å². The first kappa shape index (κ1) is 8.71. The number of carbonyl (C=O) groups is 1. The molecule has 1 saturated carbocycles. The molecule has 15 heavy (non-hydrogen) atoms. The molecule has 0 atom stereocenters. The molecule has 0 aromatic carbocycles. The number of nitrogens with zero attached hydrogens (tertiary/aromatic N) is 1. The second-order valence-corrected chi connectivity index (χ2v) is 4.27. The normalized spacial score (nSPS) is 21.3. The Morgan fingerprint density at radius 2 is 2.33 bits per heavy atom. The van der Waals surface area contributed by atoms with Gasteiger partial charge in [-0.05, 0) is 37.8 Å². The van der Waals surface area contributed by atoms with Crippen LogP contribution < -0.4 is 10.1 Å². The van der Waals surface area contributed by atoms with Crippen molar-refractivity contribution in [3.8, 4) is 5.88 Å². The minimum Gasteiger partial charge on any atom is -0.459 e. The van der Waals surface area contributed by atoms with E-state index in [2.05, 4.69) is 10.3 Å². The molecule has 1 spiro atoms. The molecule has 1 aliphatic heterocycles. The van der Waals surface area contributed by atoms with Gasteiger partial charge in [-0.25, -0.2) is 4.98 Å². The van der Waals surface area contributed by atoms with Crippen LogP contribution in [0, 0.1) is 6.92 Å². The molecule has 1 amide bonds. The number of hydrogen-bond donors (Lipinski definition) is 1. The molecule has 1 aromatic rings. The lowest BCUT2D eigenvalue weighted by molar-refractivity contribution is -0.140. The zero-order valence-electron chi connectivity index (χ0n) is 8.54. The Morgan fingerprint density at radius 1 is 1.53 bits per heavy atom. The summed E-state index contributed by atoms with van der Waals surface area (Å²) in [5.74, 6) is 0.536. The van der Waals surface area contributed by atoms with Crippen LogP contribution in [0.15, 0.2) is 12.3 Å². The van der Waals surface area contributed by atoms with Gasteiger partial charge in [0.15, 0.2) is 5.60 Å². The molecule has 0 bridgehead atoms. The molecule has 2 aliphatic rings. The van der Waals surface area contributed by atoms with Gasteiger partial charge in [-0.15, -0.1) is 0 Å². The van der Waals surface area contributed by atoms with Gasteiger partial charge in [0.25, 0.3) is 5.91 Å². The largest absolute Gasteiger partial charge is 0.459 e. The zero-order chi connectivity index (χ0) is 10.5. The van der Waals surface area contributed by atoms with Crippen LogP contribution in [0.25, 0.3) is 0 Å². The highest BCUT2D eigenvalue weighted by Gasteiger charge is 2.50. The molecule has 2 heterocycles. The van der Waals surface area contributed by atoms with Crippen molar-refractivity contribution in [1.29, 1.82) is 0 Å². The predicted molar refractivity (Wildman–Crippen MR) is 54.8 cm³/mol. The summed E-state index contributed by atoms with van der Waals surface area (Å²) in [4.78, 5) is 16.0. The van der Waals surface area contributed by atoms with Crippen molar-refractivity contribution in [2.45, 2.75) is 31.8 Å². The van der Waals surface area contributed by atoms with Crippen LogP contribution in [0.1, 0.15) is 24.8 Å². The fraction of sp³-hybridized carbons (Fsp3) is 0.455. The number of carbonyl (C=O) groups excluding carboxylic acids is 1. The fourth-order valence-electron chi connectivity index (χ4n) is 2.02. The maximum Gasteiger partial charge on any atom is 0.268 e. The molecule has 0 radical (unpaired) electrons. The Labute approximate surface area is 87.7 Å². The Hall–Kier alpha value is -1.58. The molecule has 1 fully saturated rings. The maximum atomic E-state index is 11.8. The van der Waals surface area contributed by atoms with E-state index in [1.165, 1.54) is 0 Å². The number of aryl methyl sites for hydroxylation is 1. The zero-order valence-corrected chi connectivity index (χ0v) is 8.54. The van der Waals surface area contributed by atoms with E-state index >= 15 is 0 Å². The van der Waals surface area contributed by atoms with E-state index in [0.29, 0.717) is 11.6 Å². The van der Waals surface area contributed by atoms with Gasteiger partial charge in [0, 0.05) is 6.20 Å². The van der Waals surface area contributed by atoms with E-state index < -0.39 is 5.60 Å². The molecule has 4 nitrogen and oxygen atoms in total. The first-order valence-corrected chi connectivity index (χ1v) is 5.17. The first-order chi connectivity index (χ1) is 7.20. The van der Waals surface area contributed by atoms with Gasteiger partial charge < -0.3 is 10.1 Å². The number of nitrogens with one attached hydrogen (secondary N) is 1. The van der Waals surface area contributed by atoms with E-state index in [9.17, 15) is 4.79 Å². The number of aromatic nitrogens is 1. The van der Waals surface area contributed by atoms with Crippen molar-refractivity contribution in [3.05, 3.63) is 17.8 Å². The standard InChI is InChI=1S/C11H12N2O2/c1-7-5-8-9(12-6-7)15-11(3-2-4-11)10(14)13-8/h5-6H,2-4H2,1H3,(H,13,14). The quantitative estimate of drug-likeness (QED) is 0.699. The lowest BCUT2D eigenvalue weighted by Gasteiger charge is -2.42. The monoisotopic (exact) mass is 204 g/mol. The number of ether oxygens (including phenoxy) is 1. The Morgan fingerprint density at radius 3 is 3.00 bits per heavy atom. The molecule has 3 rings (SSSR count). The van der Waals surface area contributed by atoms with Gasteiger partial charge in [-0.3, -0.25) is 4.79 Å². The average molecular weight is 204 g/mol. The van der Waals surface area contributed by atoms with Crippen molar-refractivity contribution >= 4 is 11.6 Å². The number of anilines is 1. The van der Waals surface area contributed by atoms with Gasteiger partial charge in [0.05, 0.1) is 0 Å². The molecule has 1 aliphatic carbocycles. The summed E-state index contributed by atoms with van der Waals surface area (Å²) in [5.41, 5.74) is 1.09. The number of pyridine rings is 1. The van der Waals surface area contributed by atoms with Gasteiger partial charge in [-0.2, -0.15) is 0 Å². The number of hydrogen-bond acceptors (Lipinski definition) is 3. The summed E-state index contributed by atoms with van der Waals surface area (Å²) < 4.78 is 5.70. The summed E-state index contributed by atoms with van der Waals surface area (Å²) in [6.07, 6.45) is 4.40. The van der Waals surface area contributed by atoms with Crippen molar-refractivity contribution in [1.82, 2.24) is 4.98 Å². The third-order valence-electron chi connectivity index (χ3n) is 3.10. The molecule has 4 heteroatoms. The average Bonchev–Trinajstić information content (AvgIpc) is 2.14. The summed E-state index contributed by atoms with van der Waals surface area (Å²) in [6.45, 7) is 1.94. The van der Waals surface area contributed by atoms with E-state index in [1.54, 1.807) is 6.20 Å². The molecule has 1 N–H and O–H groups in total. The Bertz CT molecular complexity index is 438. The summed E-state index contributed by atoms with van der Waals surface area (Å²) >= 11 is 0. The second-order valence-electron chi connectivity index (χ2n) is 4.27. The third kappa shape index (κ3) is 1.14. The smallest absolute Gasteiger partial charge is 0.268 e. The van der Waals surface area contributed by atoms with E-state index in [0.717, 1.165) is 24.8 Å². The lowest BCUT2D eigenvalue weighted by Crippen LogP contribution is -2.55. The molecule has 78 valence electrons. The SMILES string of the molecule is Cc1cnc2c(c1)NC(=O)C1(CCC1)O2. The van der Waals surface area contributed by atoms with E-state index in [-0.39, 0.29) is 5.91 Å². The summed E-state index contributed by atoms with van der Waals surface area (Å²) in [5, 5.41) is 2.87. The van der Waals surface area contributed by atoms with Gasteiger partial charge >= 0.3 is 0 Å². The van der Waals surface area contributed by atoms with Crippen molar-refractivity contribution < 1.29 is 9.53 Å². The van der Waals surface area contributed by atoms with Crippen LogP contribution in [0.5, 0.6) is 5.88 Å². The van der Waals surface area contributed by atoms with Crippen LogP contribution in [0.3, 0.4) is 0 Å². The summed E-state index contributed by atoms with van der Waals surface area (Å²) in [7, 11) is 0. The highest BCUT2D eigenvalue weighted by atomic mass is 16.5. The minimum atomic E-state index is -0.616. The number of fused-ring (bicyclic) bond motifs is 1. The number of amides is 1. The third-order valence-corrected chi connectivity index (χ3v) is 3.10. The highest BCUT2D eigenvalue weighted by Crippen LogP contribution is 2.42. The Kier molecular flexibility index (Phi) is 1.58. The molecule has 0 saturated heterocycles. The fourth-order valence-corrected chi connectivity index (χ4v) is 2.02. The lowest BCUT2D eigenvalue weighted by atomic mass is 9.78. The Balaban J connectivity index is 2.02. The summed E-state index contributed by atoms with van der Waals surface area (Å²) in [6, 6.07) is 1.88. The van der Waals surface area contributed by atoms with Gasteiger partial charge in [-0.1, -0.05) is 0 Å². The van der Waals surface area contributed by atoms with Crippen LogP contribution in [-0.2, 0) is 4.79 Å². The maximum absolute atomic E-state index is 11.8. The van der Waals surface area contributed by atoms with Crippen molar-refractivity contribution in [2.24, 2.45) is 0 Å². The molecular formula is C11H12N2O2. The molecule has 1 aromatic heterocycles. The van der Waals surface area contributed by atoms with Crippen LogP contribution in [-0.4, -0.2) is 16.5 Å². The van der Waals surface area contributed by atoms with Crippen LogP contribution >= 0.6 is 0 Å². The van der Waals surface area contributed by atoms with Crippen molar-refractivity contribution in [2.75, 3.05) is 5.32 Å².